The Bertz CT molecular complexity index is 1020. The normalized spacial score (nSPS) is 12.2. The molecule has 0 heterocycles. The van der Waals surface area contributed by atoms with Crippen LogP contribution in [0, 0.1) is 5.92 Å². The third-order valence-electron chi connectivity index (χ3n) is 4.58. The zero-order chi connectivity index (χ0) is 24.4. The number of anilines is 1. The molecule has 2 rings (SSSR count). The Labute approximate surface area is 194 Å². The van der Waals surface area contributed by atoms with E-state index < -0.39 is 27.9 Å². The van der Waals surface area contributed by atoms with Gasteiger partial charge in [0.15, 0.2) is 0 Å². The van der Waals surface area contributed by atoms with E-state index in [0.29, 0.717) is 24.9 Å². The van der Waals surface area contributed by atoms with Gasteiger partial charge in [-0.25, -0.2) is 8.42 Å². The van der Waals surface area contributed by atoms with Gasteiger partial charge in [-0.15, -0.1) is 0 Å². The zero-order valence-corrected chi connectivity index (χ0v) is 20.1. The summed E-state index contributed by atoms with van der Waals surface area (Å²) in [6, 6.07) is 11.9. The van der Waals surface area contributed by atoms with Gasteiger partial charge in [0.2, 0.25) is 0 Å². The molecule has 0 radical (unpaired) electrons. The average Bonchev–Trinajstić information content (AvgIpc) is 2.77. The van der Waals surface area contributed by atoms with Gasteiger partial charge in [-0.3, -0.25) is 25.2 Å². The van der Waals surface area contributed by atoms with Gasteiger partial charge in [-0.2, -0.15) is 0 Å². The lowest BCUT2D eigenvalue weighted by molar-refractivity contribution is -0.132. The quantitative estimate of drug-likeness (QED) is 0.428. The van der Waals surface area contributed by atoms with Crippen molar-refractivity contribution in [2.24, 2.45) is 5.92 Å². The van der Waals surface area contributed by atoms with E-state index >= 15 is 0 Å². The molecule has 33 heavy (non-hydrogen) atoms. The van der Waals surface area contributed by atoms with E-state index in [9.17, 15) is 18.0 Å². The maximum atomic E-state index is 12.6. The Balaban J connectivity index is 1.89. The highest BCUT2D eigenvalue weighted by Crippen LogP contribution is 2.19. The summed E-state index contributed by atoms with van der Waals surface area (Å²) in [4.78, 5) is 24.4. The van der Waals surface area contributed by atoms with Gasteiger partial charge in [-0.1, -0.05) is 13.8 Å². The Hall–Kier alpha value is -3.11. The molecule has 0 aliphatic heterocycles. The number of ether oxygens (including phenoxy) is 2. The number of nitrogens with one attached hydrogen (secondary N) is 3. The molecule has 10 heteroatoms. The van der Waals surface area contributed by atoms with Gasteiger partial charge in [0, 0.05) is 17.9 Å². The fourth-order valence-corrected chi connectivity index (χ4v) is 3.69. The lowest BCUT2D eigenvalue weighted by atomic mass is 10.1. The first-order valence-corrected chi connectivity index (χ1v) is 12.2. The van der Waals surface area contributed by atoms with Crippen LogP contribution < -0.4 is 20.3 Å². The van der Waals surface area contributed by atoms with E-state index in [1.54, 1.807) is 19.1 Å². The Kier molecular flexibility index (Phi) is 9.68. The number of hydrazine groups is 1. The number of benzene rings is 2. The van der Waals surface area contributed by atoms with Crippen molar-refractivity contribution in [3.63, 3.8) is 0 Å². The molecule has 3 N–H and O–H groups in total. The standard InChI is InChI=1S/C23H31N3O6S/c1-5-31-20-10-12-21(13-11-20)33(29,30)26-19-8-6-18(7-9-19)23(28)25-24-22(27)17(4)32-15-14-16(2)3/h6-13,16-17,26H,5,14-15H2,1-4H3,(H,24,27)(H,25,28). The number of hydrogen-bond acceptors (Lipinski definition) is 6. The summed E-state index contributed by atoms with van der Waals surface area (Å²) in [6.07, 6.45) is 0.127. The number of carbonyl (C=O) groups excluding carboxylic acids is 2. The highest BCUT2D eigenvalue weighted by Gasteiger charge is 2.16. The van der Waals surface area contributed by atoms with Crippen molar-refractivity contribution < 1.29 is 27.5 Å². The Morgan fingerprint density at radius 2 is 1.58 bits per heavy atom. The summed E-state index contributed by atoms with van der Waals surface area (Å²) in [5.41, 5.74) is 5.17. The van der Waals surface area contributed by atoms with Crippen LogP contribution in [0.5, 0.6) is 5.75 Å². The molecule has 9 nitrogen and oxygen atoms in total. The first-order valence-electron chi connectivity index (χ1n) is 10.7. The van der Waals surface area contributed by atoms with E-state index in [0.717, 1.165) is 6.42 Å². The molecule has 0 saturated carbocycles. The van der Waals surface area contributed by atoms with Crippen molar-refractivity contribution in [2.45, 2.75) is 45.1 Å². The van der Waals surface area contributed by atoms with Crippen molar-refractivity contribution in [1.82, 2.24) is 10.9 Å². The summed E-state index contributed by atoms with van der Waals surface area (Å²) in [6.45, 7) is 8.50. The SMILES string of the molecule is CCOc1ccc(S(=O)(=O)Nc2ccc(C(=O)NNC(=O)C(C)OCCC(C)C)cc2)cc1. The topological polar surface area (TPSA) is 123 Å². The number of amides is 2. The summed E-state index contributed by atoms with van der Waals surface area (Å²) >= 11 is 0. The first kappa shape index (κ1) is 26.1. The summed E-state index contributed by atoms with van der Waals surface area (Å²) in [5.74, 6) is 0.0364. The van der Waals surface area contributed by atoms with Gasteiger partial charge >= 0.3 is 0 Å². The number of rotatable bonds is 11. The number of hydrogen-bond donors (Lipinski definition) is 3. The Morgan fingerprint density at radius 1 is 0.939 bits per heavy atom. The maximum Gasteiger partial charge on any atom is 0.269 e. The van der Waals surface area contributed by atoms with Crippen LogP contribution in [0.1, 0.15) is 44.5 Å². The molecule has 0 fully saturated rings. The van der Waals surface area contributed by atoms with Crippen molar-refractivity contribution in [3.05, 3.63) is 54.1 Å². The maximum absolute atomic E-state index is 12.6. The minimum absolute atomic E-state index is 0.0835. The lowest BCUT2D eigenvalue weighted by Crippen LogP contribution is -2.46. The van der Waals surface area contributed by atoms with E-state index in [1.165, 1.54) is 36.4 Å². The predicted octanol–water partition coefficient (Wildman–Crippen LogP) is 3.10. The zero-order valence-electron chi connectivity index (χ0n) is 19.3. The van der Waals surface area contributed by atoms with E-state index in [1.807, 2.05) is 6.92 Å². The molecule has 1 atom stereocenters. The minimum atomic E-state index is -3.80. The van der Waals surface area contributed by atoms with Crippen LogP contribution in [-0.2, 0) is 19.6 Å². The van der Waals surface area contributed by atoms with Gasteiger partial charge in [0.25, 0.3) is 21.8 Å². The number of carbonyl (C=O) groups is 2. The second-order valence-corrected chi connectivity index (χ2v) is 9.41. The van der Waals surface area contributed by atoms with Crippen molar-refractivity contribution in [1.29, 1.82) is 0 Å². The molecule has 2 aromatic carbocycles. The summed E-state index contributed by atoms with van der Waals surface area (Å²) in [7, 11) is -3.80. The van der Waals surface area contributed by atoms with E-state index in [-0.39, 0.29) is 16.1 Å². The van der Waals surface area contributed by atoms with Crippen molar-refractivity contribution in [3.8, 4) is 5.75 Å². The highest BCUT2D eigenvalue weighted by atomic mass is 32.2. The predicted molar refractivity (Wildman–Crippen MR) is 125 cm³/mol. The second kappa shape index (κ2) is 12.2. The molecule has 0 bridgehead atoms. The molecule has 2 aromatic rings. The largest absolute Gasteiger partial charge is 0.494 e. The molecule has 0 saturated heterocycles. The van der Waals surface area contributed by atoms with Crippen LogP contribution in [0.15, 0.2) is 53.4 Å². The molecule has 1 unspecified atom stereocenters. The van der Waals surface area contributed by atoms with Gasteiger partial charge in [0.05, 0.1) is 11.5 Å². The third kappa shape index (κ3) is 8.39. The lowest BCUT2D eigenvalue weighted by Gasteiger charge is -2.15. The summed E-state index contributed by atoms with van der Waals surface area (Å²) < 4.78 is 38.3. The third-order valence-corrected chi connectivity index (χ3v) is 5.97. The van der Waals surface area contributed by atoms with Crippen LogP contribution in [0.3, 0.4) is 0 Å². The fourth-order valence-electron chi connectivity index (χ4n) is 2.63. The van der Waals surface area contributed by atoms with Gasteiger partial charge in [-0.05, 0) is 74.7 Å². The molecule has 2 amide bonds. The van der Waals surface area contributed by atoms with Crippen LogP contribution in [0.2, 0.25) is 0 Å². The average molecular weight is 478 g/mol. The molecule has 0 spiro atoms. The highest BCUT2D eigenvalue weighted by molar-refractivity contribution is 7.92. The van der Waals surface area contributed by atoms with Crippen LogP contribution >= 0.6 is 0 Å². The molecule has 0 aliphatic rings. The molecule has 180 valence electrons. The second-order valence-electron chi connectivity index (χ2n) is 7.73. The van der Waals surface area contributed by atoms with Crippen molar-refractivity contribution in [2.75, 3.05) is 17.9 Å². The monoisotopic (exact) mass is 477 g/mol. The molecule has 0 aromatic heterocycles. The van der Waals surface area contributed by atoms with Gasteiger partial charge < -0.3 is 9.47 Å². The molecular weight excluding hydrogens is 446 g/mol. The van der Waals surface area contributed by atoms with Crippen LogP contribution in [0.25, 0.3) is 0 Å². The minimum Gasteiger partial charge on any atom is -0.494 e. The van der Waals surface area contributed by atoms with E-state index in [4.69, 9.17) is 9.47 Å². The van der Waals surface area contributed by atoms with Crippen LogP contribution in [-0.4, -0.2) is 39.5 Å². The summed E-state index contributed by atoms with van der Waals surface area (Å²) in [5, 5.41) is 0. The fraction of sp³-hybridized carbons (Fsp3) is 0.391. The van der Waals surface area contributed by atoms with Crippen molar-refractivity contribution >= 4 is 27.5 Å². The smallest absolute Gasteiger partial charge is 0.269 e. The van der Waals surface area contributed by atoms with E-state index in [2.05, 4.69) is 29.4 Å². The number of sulfonamides is 1. The Morgan fingerprint density at radius 3 is 2.15 bits per heavy atom. The first-order chi connectivity index (χ1) is 15.6. The molecular formula is C23H31N3O6S. The molecule has 0 aliphatic carbocycles. The van der Waals surface area contributed by atoms with Gasteiger partial charge in [0.1, 0.15) is 11.9 Å². The van der Waals surface area contributed by atoms with Crippen LogP contribution in [0.4, 0.5) is 5.69 Å².